The van der Waals surface area contributed by atoms with Crippen molar-refractivity contribution in [3.8, 4) is 0 Å². The van der Waals surface area contributed by atoms with E-state index in [1.165, 1.54) is 4.46 Å². The molecule has 0 atom stereocenters. The molecule has 0 N–H and O–H groups in total. The summed E-state index contributed by atoms with van der Waals surface area (Å²) in [5.74, 6) is 0. The number of halogens is 2. The van der Waals surface area contributed by atoms with Crippen LogP contribution in [0.4, 0.5) is 0 Å². The van der Waals surface area contributed by atoms with Gasteiger partial charge in [-0.3, -0.25) is 0 Å². The Bertz CT molecular complexity index is 260. The van der Waals surface area contributed by atoms with Crippen LogP contribution in [-0.2, 0) is 0 Å². The van der Waals surface area contributed by atoms with Gasteiger partial charge in [-0.05, 0) is 0 Å². The van der Waals surface area contributed by atoms with Gasteiger partial charge >= 0.3 is 86.2 Å². The fourth-order valence-corrected chi connectivity index (χ4v) is 2.83. The maximum atomic E-state index is 5.41. The molecule has 0 spiro atoms. The summed E-state index contributed by atoms with van der Waals surface area (Å²) in [6.07, 6.45) is 0. The molecule has 0 nitrogen and oxygen atoms in total. The van der Waals surface area contributed by atoms with E-state index in [4.69, 9.17) is 11.6 Å². The van der Waals surface area contributed by atoms with Crippen molar-refractivity contribution < 1.29 is 0 Å². The molecule has 0 aliphatic rings. The van der Waals surface area contributed by atoms with Gasteiger partial charge in [-0.1, -0.05) is 0 Å². The van der Waals surface area contributed by atoms with Crippen LogP contribution >= 0.6 is 27.5 Å². The van der Waals surface area contributed by atoms with Crippen molar-refractivity contribution in [3.05, 3.63) is 39.2 Å². The molecule has 0 aromatic heterocycles. The third-order valence-electron chi connectivity index (χ3n) is 1.05. The molecular formula is C8H6BrClSe. The molecule has 1 rings (SSSR count). The predicted molar refractivity (Wildman–Crippen MR) is 54.5 cm³/mol. The first-order chi connectivity index (χ1) is 5.33. The Morgan fingerprint density at radius 1 is 1.45 bits per heavy atom. The second-order valence-corrected chi connectivity index (χ2v) is 5.06. The fourth-order valence-electron chi connectivity index (χ4n) is 0.645. The third kappa shape index (κ3) is 3.44. The van der Waals surface area contributed by atoms with E-state index in [0.29, 0.717) is 15.0 Å². The van der Waals surface area contributed by atoms with Gasteiger partial charge < -0.3 is 0 Å². The van der Waals surface area contributed by atoms with Crippen molar-refractivity contribution in [2.45, 2.75) is 0 Å². The van der Waals surface area contributed by atoms with E-state index in [9.17, 15) is 0 Å². The van der Waals surface area contributed by atoms with Crippen LogP contribution in [0.3, 0.4) is 0 Å². The Kier molecular flexibility index (Phi) is 4.24. The summed E-state index contributed by atoms with van der Waals surface area (Å²) in [7, 11) is 0. The average Bonchev–Trinajstić information content (AvgIpc) is 2.01. The van der Waals surface area contributed by atoms with Crippen LogP contribution in [0.2, 0.25) is 0 Å². The Labute approximate surface area is 85.9 Å². The van der Waals surface area contributed by atoms with Crippen molar-refractivity contribution >= 4 is 46.9 Å². The van der Waals surface area contributed by atoms with Crippen molar-refractivity contribution in [3.63, 3.8) is 0 Å². The minimum atomic E-state index is 0.367. The van der Waals surface area contributed by atoms with Crippen LogP contribution in [0.15, 0.2) is 39.2 Å². The molecule has 0 saturated carbocycles. The molecule has 0 amide bonds. The Balaban J connectivity index is 2.71. The molecule has 0 radical (unpaired) electrons. The third-order valence-corrected chi connectivity index (χ3v) is 3.68. The second kappa shape index (κ2) is 5.00. The van der Waals surface area contributed by atoms with Crippen LogP contribution < -0.4 is 4.46 Å². The molecular weight excluding hydrogens is 290 g/mol. The van der Waals surface area contributed by atoms with Crippen LogP contribution in [0.25, 0.3) is 0 Å². The first-order valence-electron chi connectivity index (χ1n) is 3.00. The normalized spacial score (nSPS) is 10.7. The molecule has 58 valence electrons. The first-order valence-corrected chi connectivity index (χ1v) is 6.08. The van der Waals surface area contributed by atoms with Crippen LogP contribution in [0.1, 0.15) is 0 Å². The standard InChI is InChI=1S/C8H6BrClSe/c9-7-2-1-3-8(6-7)11-5-4-10/h1-6H/b5-4+. The minimum absolute atomic E-state index is 0.367. The van der Waals surface area contributed by atoms with Gasteiger partial charge in [0, 0.05) is 0 Å². The zero-order valence-corrected chi connectivity index (χ0v) is 9.68. The Morgan fingerprint density at radius 3 is 2.91 bits per heavy atom. The molecule has 0 saturated heterocycles. The maximum absolute atomic E-state index is 5.41. The summed E-state index contributed by atoms with van der Waals surface area (Å²) in [4.78, 5) is 1.98. The SMILES string of the molecule is Cl/C=C/[Se]c1cccc(Br)c1. The fraction of sp³-hybridized carbons (Fsp3) is 0. The predicted octanol–water partition coefficient (Wildman–Crippen LogP) is 2.49. The van der Waals surface area contributed by atoms with Gasteiger partial charge in [0.25, 0.3) is 0 Å². The number of hydrogen-bond acceptors (Lipinski definition) is 0. The van der Waals surface area contributed by atoms with E-state index in [0.717, 1.165) is 4.47 Å². The quantitative estimate of drug-likeness (QED) is 0.736. The van der Waals surface area contributed by atoms with Gasteiger partial charge in [0.1, 0.15) is 0 Å². The van der Waals surface area contributed by atoms with Gasteiger partial charge in [-0.2, -0.15) is 0 Å². The van der Waals surface area contributed by atoms with Crippen molar-refractivity contribution in [2.75, 3.05) is 0 Å². The zero-order valence-electron chi connectivity index (χ0n) is 5.63. The van der Waals surface area contributed by atoms with E-state index in [1.807, 2.05) is 17.1 Å². The summed E-state index contributed by atoms with van der Waals surface area (Å²) < 4.78 is 2.45. The molecule has 1 aromatic rings. The molecule has 1 aromatic carbocycles. The number of hydrogen-bond donors (Lipinski definition) is 0. The second-order valence-electron chi connectivity index (χ2n) is 1.84. The summed E-state index contributed by atoms with van der Waals surface area (Å²) in [6, 6.07) is 8.26. The summed E-state index contributed by atoms with van der Waals surface area (Å²) in [6.45, 7) is 0. The van der Waals surface area contributed by atoms with Crippen molar-refractivity contribution in [1.82, 2.24) is 0 Å². The zero-order chi connectivity index (χ0) is 8.10. The molecule has 0 unspecified atom stereocenters. The molecule has 3 heteroatoms. The van der Waals surface area contributed by atoms with E-state index in [1.54, 1.807) is 5.54 Å². The van der Waals surface area contributed by atoms with Gasteiger partial charge in [0.15, 0.2) is 0 Å². The van der Waals surface area contributed by atoms with Gasteiger partial charge in [0.05, 0.1) is 0 Å². The van der Waals surface area contributed by atoms with Gasteiger partial charge in [-0.15, -0.1) is 0 Å². The Morgan fingerprint density at radius 2 is 2.27 bits per heavy atom. The van der Waals surface area contributed by atoms with Gasteiger partial charge in [0.2, 0.25) is 0 Å². The topological polar surface area (TPSA) is 0 Å². The van der Waals surface area contributed by atoms with E-state index in [-0.39, 0.29) is 0 Å². The molecule has 0 bridgehead atoms. The number of benzene rings is 1. The van der Waals surface area contributed by atoms with E-state index >= 15 is 0 Å². The van der Waals surface area contributed by atoms with Gasteiger partial charge in [-0.25, -0.2) is 0 Å². The molecule has 0 aliphatic carbocycles. The van der Waals surface area contributed by atoms with Crippen LogP contribution in [-0.4, -0.2) is 15.0 Å². The average molecular weight is 296 g/mol. The van der Waals surface area contributed by atoms with Crippen molar-refractivity contribution in [1.29, 1.82) is 0 Å². The molecule has 11 heavy (non-hydrogen) atoms. The molecule has 0 aliphatic heterocycles. The summed E-state index contributed by atoms with van der Waals surface area (Å²) in [5, 5.41) is 0. The first kappa shape index (κ1) is 9.34. The summed E-state index contributed by atoms with van der Waals surface area (Å²) >= 11 is 9.19. The van der Waals surface area contributed by atoms with E-state index in [2.05, 4.69) is 28.1 Å². The molecule has 0 fully saturated rings. The Hall–Kier alpha value is 0.249. The number of rotatable bonds is 2. The molecule has 0 heterocycles. The van der Waals surface area contributed by atoms with E-state index < -0.39 is 0 Å². The summed E-state index contributed by atoms with van der Waals surface area (Å²) in [5.41, 5.74) is 1.57. The van der Waals surface area contributed by atoms with Crippen LogP contribution in [0.5, 0.6) is 0 Å². The van der Waals surface area contributed by atoms with Crippen molar-refractivity contribution in [2.24, 2.45) is 0 Å². The monoisotopic (exact) mass is 296 g/mol. The van der Waals surface area contributed by atoms with Crippen LogP contribution in [0, 0.1) is 0 Å².